The van der Waals surface area contributed by atoms with Gasteiger partial charge in [0.2, 0.25) is 0 Å². The van der Waals surface area contributed by atoms with Gasteiger partial charge in [0.25, 0.3) is 0 Å². The van der Waals surface area contributed by atoms with Crippen LogP contribution in [0.1, 0.15) is 12.8 Å². The Morgan fingerprint density at radius 1 is 1.35 bits per heavy atom. The molecule has 0 aromatic heterocycles. The summed E-state index contributed by atoms with van der Waals surface area (Å²) in [4.78, 5) is 12.4. The molecule has 1 aromatic carbocycles. The third kappa shape index (κ3) is 2.54. The Labute approximate surface area is 121 Å². The fourth-order valence-electron chi connectivity index (χ4n) is 3.24. The molecule has 108 valence electrons. The highest BCUT2D eigenvalue weighted by Gasteiger charge is 2.43. The zero-order valence-electron chi connectivity index (χ0n) is 10.8. The Kier molecular flexibility index (Phi) is 3.46. The summed E-state index contributed by atoms with van der Waals surface area (Å²) < 4.78 is 19.1. The van der Waals surface area contributed by atoms with Crippen LogP contribution in [0, 0.1) is 17.7 Å². The van der Waals surface area contributed by atoms with E-state index in [0.29, 0.717) is 30.7 Å². The molecule has 1 N–H and O–H groups in total. The monoisotopic (exact) mass is 299 g/mol. The lowest BCUT2D eigenvalue weighted by Gasteiger charge is -2.18. The highest BCUT2D eigenvalue weighted by atomic mass is 35.5. The summed E-state index contributed by atoms with van der Waals surface area (Å²) in [5, 5.41) is 9.05. The largest absolute Gasteiger partial charge is 0.490 e. The molecular formula is C14H15ClFNO3. The van der Waals surface area contributed by atoms with Gasteiger partial charge in [0, 0.05) is 19.2 Å². The van der Waals surface area contributed by atoms with Crippen molar-refractivity contribution in [2.75, 3.05) is 13.1 Å². The van der Waals surface area contributed by atoms with E-state index < -0.39 is 11.9 Å². The van der Waals surface area contributed by atoms with Crippen LogP contribution < -0.4 is 4.74 Å². The highest BCUT2D eigenvalue weighted by molar-refractivity contribution is 6.30. The topological polar surface area (TPSA) is 49.8 Å². The van der Waals surface area contributed by atoms with Crippen molar-refractivity contribution in [1.82, 2.24) is 4.90 Å². The second kappa shape index (κ2) is 5.13. The fourth-order valence-corrected chi connectivity index (χ4v) is 3.36. The Balaban J connectivity index is 1.60. The minimum Gasteiger partial charge on any atom is -0.490 e. The number of fused-ring (bicyclic) bond motifs is 1. The molecule has 1 amide bonds. The first-order chi connectivity index (χ1) is 9.52. The minimum atomic E-state index is -0.850. The molecule has 1 saturated carbocycles. The molecule has 20 heavy (non-hydrogen) atoms. The number of carbonyl (C=O) groups is 1. The third-order valence-corrected chi connectivity index (χ3v) is 4.48. The van der Waals surface area contributed by atoms with Gasteiger partial charge in [0.1, 0.15) is 11.6 Å². The van der Waals surface area contributed by atoms with Gasteiger partial charge in [-0.25, -0.2) is 9.18 Å². The molecule has 1 aromatic rings. The molecule has 2 fully saturated rings. The average Bonchev–Trinajstić information content (AvgIpc) is 2.91. The maximum Gasteiger partial charge on any atom is 0.407 e. The van der Waals surface area contributed by atoms with Crippen LogP contribution in [0.25, 0.3) is 0 Å². The van der Waals surface area contributed by atoms with Gasteiger partial charge >= 0.3 is 6.09 Å². The number of likely N-dealkylation sites (tertiary alicyclic amines) is 1. The number of halogens is 2. The normalized spacial score (nSPS) is 28.5. The molecule has 6 heteroatoms. The lowest BCUT2D eigenvalue weighted by atomic mass is 10.0. The molecule has 1 aliphatic carbocycles. The van der Waals surface area contributed by atoms with E-state index in [0.717, 1.165) is 12.8 Å². The third-order valence-electron chi connectivity index (χ3n) is 4.17. The number of nitrogens with zero attached hydrogens (tertiary/aromatic N) is 1. The molecule has 0 spiro atoms. The van der Waals surface area contributed by atoms with Gasteiger partial charge in [-0.05, 0) is 36.8 Å². The molecule has 0 radical (unpaired) electrons. The van der Waals surface area contributed by atoms with Crippen LogP contribution in [0.15, 0.2) is 18.2 Å². The number of hydrogen-bond donors (Lipinski definition) is 1. The number of amides is 1. The quantitative estimate of drug-likeness (QED) is 0.912. The molecular weight excluding hydrogens is 285 g/mol. The fraction of sp³-hybridized carbons (Fsp3) is 0.500. The first-order valence-electron chi connectivity index (χ1n) is 6.62. The first-order valence-corrected chi connectivity index (χ1v) is 7.00. The van der Waals surface area contributed by atoms with E-state index >= 15 is 0 Å². The summed E-state index contributed by atoms with van der Waals surface area (Å²) in [6.07, 6.45) is 0.815. The Morgan fingerprint density at radius 3 is 2.55 bits per heavy atom. The summed E-state index contributed by atoms with van der Waals surface area (Å²) >= 11 is 5.63. The van der Waals surface area contributed by atoms with Crippen molar-refractivity contribution >= 4 is 17.7 Å². The van der Waals surface area contributed by atoms with Gasteiger partial charge in [-0.3, -0.25) is 0 Å². The van der Waals surface area contributed by atoms with Crippen LogP contribution in [-0.2, 0) is 0 Å². The van der Waals surface area contributed by atoms with Gasteiger partial charge in [0.15, 0.2) is 0 Å². The average molecular weight is 300 g/mol. The van der Waals surface area contributed by atoms with Crippen molar-refractivity contribution < 1.29 is 19.0 Å². The van der Waals surface area contributed by atoms with Gasteiger partial charge in [-0.2, -0.15) is 0 Å². The lowest BCUT2D eigenvalue weighted by Crippen LogP contribution is -2.29. The predicted octanol–water partition coefficient (Wildman–Crippen LogP) is 3.25. The zero-order valence-corrected chi connectivity index (χ0v) is 11.5. The van der Waals surface area contributed by atoms with Crippen molar-refractivity contribution in [3.63, 3.8) is 0 Å². The molecule has 1 unspecified atom stereocenters. The smallest absolute Gasteiger partial charge is 0.407 e. The van der Waals surface area contributed by atoms with E-state index in [-0.39, 0.29) is 11.1 Å². The maximum atomic E-state index is 13.3. The van der Waals surface area contributed by atoms with Gasteiger partial charge < -0.3 is 14.7 Å². The SMILES string of the molecule is O=C(O)N1C[C@H]2CC(Oc3ccc(Cl)c(F)c3)C[C@H]2C1. The van der Waals surface area contributed by atoms with Crippen molar-refractivity contribution in [3.05, 3.63) is 29.0 Å². The lowest BCUT2D eigenvalue weighted by molar-refractivity contribution is 0.144. The molecule has 0 bridgehead atoms. The number of rotatable bonds is 2. The van der Waals surface area contributed by atoms with Gasteiger partial charge in [0.05, 0.1) is 11.1 Å². The van der Waals surface area contributed by atoms with Crippen LogP contribution in [0.5, 0.6) is 5.75 Å². The minimum absolute atomic E-state index is 0.0292. The number of ether oxygens (including phenoxy) is 1. The molecule has 1 saturated heterocycles. The Morgan fingerprint density at radius 2 is 2.00 bits per heavy atom. The van der Waals surface area contributed by atoms with Crippen molar-refractivity contribution in [1.29, 1.82) is 0 Å². The van der Waals surface area contributed by atoms with Crippen LogP contribution in [0.4, 0.5) is 9.18 Å². The second-order valence-corrected chi connectivity index (χ2v) is 5.90. The maximum absolute atomic E-state index is 13.3. The summed E-state index contributed by atoms with van der Waals surface area (Å²) in [6.45, 7) is 1.16. The van der Waals surface area contributed by atoms with Crippen LogP contribution >= 0.6 is 11.6 Å². The Bertz CT molecular complexity index is 525. The highest BCUT2D eigenvalue weighted by Crippen LogP contribution is 2.39. The van der Waals surface area contributed by atoms with Gasteiger partial charge in [-0.1, -0.05) is 11.6 Å². The van der Waals surface area contributed by atoms with E-state index in [9.17, 15) is 9.18 Å². The number of benzene rings is 1. The van der Waals surface area contributed by atoms with E-state index in [1.165, 1.54) is 17.0 Å². The molecule has 3 rings (SSSR count). The molecule has 4 nitrogen and oxygen atoms in total. The van der Waals surface area contributed by atoms with E-state index in [2.05, 4.69) is 0 Å². The number of carboxylic acid groups (broad SMARTS) is 1. The first kappa shape index (κ1) is 13.5. The molecule has 2 aliphatic rings. The predicted molar refractivity (Wildman–Crippen MR) is 71.6 cm³/mol. The van der Waals surface area contributed by atoms with Crippen LogP contribution in [0.2, 0.25) is 5.02 Å². The van der Waals surface area contributed by atoms with Crippen LogP contribution in [0.3, 0.4) is 0 Å². The van der Waals surface area contributed by atoms with E-state index in [4.69, 9.17) is 21.4 Å². The number of hydrogen-bond acceptors (Lipinski definition) is 2. The molecule has 1 heterocycles. The second-order valence-electron chi connectivity index (χ2n) is 5.49. The molecule has 3 atom stereocenters. The zero-order chi connectivity index (χ0) is 14.3. The van der Waals surface area contributed by atoms with E-state index in [1.807, 2.05) is 0 Å². The van der Waals surface area contributed by atoms with Crippen molar-refractivity contribution in [2.24, 2.45) is 11.8 Å². The summed E-state index contributed by atoms with van der Waals surface area (Å²) in [6, 6.07) is 4.43. The Hall–Kier alpha value is -1.49. The molecule has 1 aliphatic heterocycles. The summed E-state index contributed by atoms with van der Waals surface area (Å²) in [5.41, 5.74) is 0. The van der Waals surface area contributed by atoms with E-state index in [1.54, 1.807) is 6.07 Å². The van der Waals surface area contributed by atoms with Crippen LogP contribution in [-0.4, -0.2) is 35.3 Å². The standard InChI is InChI=1S/C14H15ClFNO3/c15-12-2-1-10(5-13(12)16)20-11-3-8-6-17(14(18)19)7-9(8)4-11/h1-2,5,8-9,11H,3-4,6-7H2,(H,18,19)/t8-,9+,11?. The van der Waals surface area contributed by atoms with Crippen molar-refractivity contribution in [2.45, 2.75) is 18.9 Å². The summed E-state index contributed by atoms with van der Waals surface area (Å²) in [7, 11) is 0. The van der Waals surface area contributed by atoms with Crippen molar-refractivity contribution in [3.8, 4) is 5.75 Å². The summed E-state index contributed by atoms with van der Waals surface area (Å²) in [5.74, 6) is 0.702. The van der Waals surface area contributed by atoms with Gasteiger partial charge in [-0.15, -0.1) is 0 Å².